The van der Waals surface area contributed by atoms with E-state index in [-0.39, 0.29) is 5.92 Å². The Kier molecular flexibility index (Phi) is 4.60. The topological polar surface area (TPSA) is 0 Å². The van der Waals surface area contributed by atoms with E-state index in [0.717, 1.165) is 64.2 Å². The molecule has 0 aromatic rings. The highest BCUT2D eigenvalue weighted by Crippen LogP contribution is 2.56. The van der Waals surface area contributed by atoms with E-state index in [2.05, 4.69) is 0 Å². The van der Waals surface area contributed by atoms with Crippen LogP contribution in [0.1, 0.15) is 77.0 Å². The summed E-state index contributed by atoms with van der Waals surface area (Å²) in [5, 5.41) is 0. The number of hydrogen-bond acceptors (Lipinski definition) is 0. The van der Waals surface area contributed by atoms with Crippen LogP contribution in [0.3, 0.4) is 0 Å². The molecule has 2 aliphatic rings. The van der Waals surface area contributed by atoms with Crippen molar-refractivity contribution in [3.8, 4) is 0 Å². The minimum absolute atomic E-state index is 0.0990. The van der Waals surface area contributed by atoms with Gasteiger partial charge in [-0.15, -0.1) is 0 Å². The zero-order valence-corrected chi connectivity index (χ0v) is 11.2. The van der Waals surface area contributed by atoms with Crippen LogP contribution in [0.2, 0.25) is 0 Å². The summed E-state index contributed by atoms with van der Waals surface area (Å²) in [6.45, 7) is 0. The van der Waals surface area contributed by atoms with Gasteiger partial charge in [-0.3, -0.25) is 0 Å². The van der Waals surface area contributed by atoms with E-state index in [1.807, 2.05) is 0 Å². The van der Waals surface area contributed by atoms with Gasteiger partial charge < -0.3 is 0 Å². The average Bonchev–Trinajstić information content (AvgIpc) is 2.71. The van der Waals surface area contributed by atoms with Gasteiger partial charge in [0.15, 0.2) is 0 Å². The van der Waals surface area contributed by atoms with Crippen molar-refractivity contribution in [3.05, 3.63) is 0 Å². The highest BCUT2D eigenvalue weighted by molar-refractivity contribution is 4.94. The molecule has 0 aromatic carbocycles. The molecule has 3 heteroatoms. The predicted molar refractivity (Wildman–Crippen MR) is 67.4 cm³/mol. The fourth-order valence-corrected chi connectivity index (χ4v) is 4.11. The maximum Gasteiger partial charge on any atom is 0.394 e. The molecule has 0 amide bonds. The fourth-order valence-electron chi connectivity index (χ4n) is 4.11. The monoisotopic (exact) mass is 262 g/mol. The van der Waals surface area contributed by atoms with Gasteiger partial charge in [-0.25, -0.2) is 0 Å². The molecular formula is C15H25F3. The zero-order valence-electron chi connectivity index (χ0n) is 11.2. The second kappa shape index (κ2) is 5.83. The number of rotatable bonds is 1. The van der Waals surface area contributed by atoms with Crippen molar-refractivity contribution in [2.45, 2.75) is 83.2 Å². The van der Waals surface area contributed by atoms with Crippen molar-refractivity contribution in [1.82, 2.24) is 0 Å². The number of hydrogen-bond donors (Lipinski definition) is 0. The summed E-state index contributed by atoms with van der Waals surface area (Å²) in [6.07, 6.45) is 6.19. The van der Waals surface area contributed by atoms with Crippen molar-refractivity contribution in [2.75, 3.05) is 0 Å². The number of halogens is 3. The number of alkyl halides is 3. The van der Waals surface area contributed by atoms with Crippen LogP contribution >= 0.6 is 0 Å². The van der Waals surface area contributed by atoms with E-state index in [4.69, 9.17) is 0 Å². The van der Waals surface area contributed by atoms with Crippen molar-refractivity contribution in [3.63, 3.8) is 0 Å². The van der Waals surface area contributed by atoms with E-state index in [1.54, 1.807) is 0 Å². The standard InChI is InChI=1S/C15H25F3/c16-15(17,18)14(11-7-3-4-8-12-14)13-9-5-1-2-6-10-13/h13H,1-12H2. The average molecular weight is 262 g/mol. The highest BCUT2D eigenvalue weighted by atomic mass is 19.4. The molecule has 2 fully saturated rings. The van der Waals surface area contributed by atoms with Gasteiger partial charge in [-0.05, 0) is 31.6 Å². The molecule has 106 valence electrons. The molecule has 0 aromatic heterocycles. The Balaban J connectivity index is 2.21. The lowest BCUT2D eigenvalue weighted by atomic mass is 9.66. The summed E-state index contributed by atoms with van der Waals surface area (Å²) < 4.78 is 41.1. The van der Waals surface area contributed by atoms with E-state index in [9.17, 15) is 13.2 Å². The second-order valence-corrected chi connectivity index (χ2v) is 6.26. The van der Waals surface area contributed by atoms with Crippen LogP contribution in [0.15, 0.2) is 0 Å². The first-order valence-corrected chi connectivity index (χ1v) is 7.63. The van der Waals surface area contributed by atoms with Crippen LogP contribution in [0, 0.1) is 11.3 Å². The van der Waals surface area contributed by atoms with Crippen molar-refractivity contribution < 1.29 is 13.2 Å². The van der Waals surface area contributed by atoms with Crippen LogP contribution in [0.4, 0.5) is 13.2 Å². The predicted octanol–water partition coefficient (Wildman–Crippen LogP) is 5.86. The quantitative estimate of drug-likeness (QED) is 0.519. The van der Waals surface area contributed by atoms with Gasteiger partial charge in [-0.2, -0.15) is 13.2 Å². The van der Waals surface area contributed by atoms with Crippen LogP contribution in [-0.2, 0) is 0 Å². The van der Waals surface area contributed by atoms with Crippen LogP contribution < -0.4 is 0 Å². The second-order valence-electron chi connectivity index (χ2n) is 6.26. The molecule has 0 bridgehead atoms. The Morgan fingerprint density at radius 2 is 1.11 bits per heavy atom. The molecule has 0 saturated heterocycles. The summed E-state index contributed by atoms with van der Waals surface area (Å²) in [7, 11) is 0. The highest BCUT2D eigenvalue weighted by Gasteiger charge is 2.57. The minimum Gasteiger partial charge on any atom is -0.170 e. The molecular weight excluding hydrogens is 237 g/mol. The summed E-state index contributed by atoms with van der Waals surface area (Å²) in [5.41, 5.74) is -1.34. The largest absolute Gasteiger partial charge is 0.394 e. The molecule has 0 nitrogen and oxygen atoms in total. The molecule has 2 saturated carbocycles. The van der Waals surface area contributed by atoms with Gasteiger partial charge in [0.05, 0.1) is 5.41 Å². The van der Waals surface area contributed by atoms with Crippen molar-refractivity contribution >= 4 is 0 Å². The van der Waals surface area contributed by atoms with Gasteiger partial charge in [0.2, 0.25) is 0 Å². The maximum atomic E-state index is 13.7. The Morgan fingerprint density at radius 3 is 1.56 bits per heavy atom. The van der Waals surface area contributed by atoms with Crippen LogP contribution in [-0.4, -0.2) is 6.18 Å². The molecule has 2 aliphatic carbocycles. The molecule has 0 aliphatic heterocycles. The van der Waals surface area contributed by atoms with E-state index in [1.165, 1.54) is 0 Å². The first-order chi connectivity index (χ1) is 8.56. The lowest BCUT2D eigenvalue weighted by Crippen LogP contribution is -2.44. The van der Waals surface area contributed by atoms with Gasteiger partial charge in [0, 0.05) is 0 Å². The lowest BCUT2D eigenvalue weighted by Gasteiger charge is -2.42. The third kappa shape index (κ3) is 2.85. The Labute approximate surface area is 108 Å². The van der Waals surface area contributed by atoms with Gasteiger partial charge >= 0.3 is 6.18 Å². The molecule has 0 atom stereocenters. The smallest absolute Gasteiger partial charge is 0.170 e. The third-order valence-electron chi connectivity index (χ3n) is 5.20. The minimum atomic E-state index is -3.99. The molecule has 0 unspecified atom stereocenters. The molecule has 0 spiro atoms. The van der Waals surface area contributed by atoms with Crippen molar-refractivity contribution in [1.29, 1.82) is 0 Å². The Bertz CT molecular complexity index is 241. The summed E-state index contributed by atoms with van der Waals surface area (Å²) >= 11 is 0. The maximum absolute atomic E-state index is 13.7. The first-order valence-electron chi connectivity index (χ1n) is 7.63. The zero-order chi connectivity index (χ0) is 13.1. The summed E-state index contributed by atoms with van der Waals surface area (Å²) in [4.78, 5) is 0. The van der Waals surface area contributed by atoms with Crippen LogP contribution in [0.25, 0.3) is 0 Å². The van der Waals surface area contributed by atoms with Gasteiger partial charge in [0.25, 0.3) is 0 Å². The van der Waals surface area contributed by atoms with Crippen LogP contribution in [0.5, 0.6) is 0 Å². The van der Waals surface area contributed by atoms with E-state index >= 15 is 0 Å². The molecule has 0 N–H and O–H groups in total. The molecule has 0 radical (unpaired) electrons. The summed E-state index contributed by atoms with van der Waals surface area (Å²) in [5.74, 6) is -0.0990. The Morgan fingerprint density at radius 1 is 0.667 bits per heavy atom. The Hall–Kier alpha value is -0.210. The third-order valence-corrected chi connectivity index (χ3v) is 5.20. The normalized spacial score (nSPS) is 27.5. The lowest BCUT2D eigenvalue weighted by molar-refractivity contribution is -0.250. The first kappa shape index (κ1) is 14.2. The van der Waals surface area contributed by atoms with E-state index < -0.39 is 11.6 Å². The van der Waals surface area contributed by atoms with E-state index in [0.29, 0.717) is 12.8 Å². The summed E-state index contributed by atoms with van der Waals surface area (Å²) in [6, 6.07) is 0. The van der Waals surface area contributed by atoms with Gasteiger partial charge in [-0.1, -0.05) is 51.4 Å². The SMILES string of the molecule is FC(F)(F)C1(C2CCCCCC2)CCCCCC1. The fraction of sp³-hybridized carbons (Fsp3) is 1.00. The molecule has 18 heavy (non-hydrogen) atoms. The van der Waals surface area contributed by atoms with Gasteiger partial charge in [0.1, 0.15) is 0 Å². The van der Waals surface area contributed by atoms with Crippen molar-refractivity contribution in [2.24, 2.45) is 11.3 Å². The molecule has 2 rings (SSSR count). The molecule has 0 heterocycles.